The summed E-state index contributed by atoms with van der Waals surface area (Å²) in [5.41, 5.74) is 2.84. The molecule has 0 aliphatic carbocycles. The molecule has 0 atom stereocenters. The quantitative estimate of drug-likeness (QED) is 0.724. The molecule has 2 N–H and O–H groups in total. The Morgan fingerprint density at radius 3 is 2.54 bits per heavy atom. The van der Waals surface area contributed by atoms with Gasteiger partial charge in [0.2, 0.25) is 0 Å². The van der Waals surface area contributed by atoms with Crippen molar-refractivity contribution in [3.05, 3.63) is 68.3 Å². The molecule has 134 valence electrons. The highest BCUT2D eigenvalue weighted by atomic mass is 32.1. The third-order valence-corrected chi connectivity index (χ3v) is 5.42. The predicted octanol–water partition coefficient (Wildman–Crippen LogP) is 3.26. The lowest BCUT2D eigenvalue weighted by Gasteiger charge is -2.06. The van der Waals surface area contributed by atoms with E-state index >= 15 is 0 Å². The minimum Gasteiger partial charge on any atom is -0.347 e. The maximum atomic E-state index is 12.4. The van der Waals surface area contributed by atoms with Gasteiger partial charge in [0.25, 0.3) is 5.91 Å². The molecule has 1 aromatic carbocycles. The lowest BCUT2D eigenvalue weighted by Crippen LogP contribution is -2.22. The second-order valence-electron chi connectivity index (χ2n) is 6.28. The first-order valence-electron chi connectivity index (χ1n) is 8.33. The van der Waals surface area contributed by atoms with Crippen LogP contribution in [0.4, 0.5) is 0 Å². The largest absolute Gasteiger partial charge is 0.347 e. The van der Waals surface area contributed by atoms with Gasteiger partial charge in [0.05, 0.1) is 17.2 Å². The summed E-state index contributed by atoms with van der Waals surface area (Å²) in [6, 6.07) is 7.18. The average molecular weight is 368 g/mol. The molecule has 26 heavy (non-hydrogen) atoms. The van der Waals surface area contributed by atoms with Crippen LogP contribution in [0.3, 0.4) is 0 Å². The van der Waals surface area contributed by atoms with Gasteiger partial charge in [-0.1, -0.05) is 26.0 Å². The molecular weight excluding hydrogens is 348 g/mol. The van der Waals surface area contributed by atoms with E-state index in [9.17, 15) is 9.59 Å². The fourth-order valence-corrected chi connectivity index (χ4v) is 3.45. The van der Waals surface area contributed by atoms with Gasteiger partial charge in [0, 0.05) is 34.3 Å². The molecule has 0 aliphatic rings. The number of aryl methyl sites for hydroxylation is 1. The fourth-order valence-electron chi connectivity index (χ4n) is 2.44. The Kier molecular flexibility index (Phi) is 5.27. The van der Waals surface area contributed by atoms with Crippen LogP contribution >= 0.6 is 11.3 Å². The SMILES string of the molecule is Cc1nc(C(C)C)sc1CNC(=O)c1ccc(-c2cnc(=O)[nH]c2)cc1. The Balaban J connectivity index is 1.66. The van der Waals surface area contributed by atoms with Gasteiger partial charge in [-0.2, -0.15) is 0 Å². The third kappa shape index (κ3) is 4.05. The van der Waals surface area contributed by atoms with Crippen LogP contribution in [0.2, 0.25) is 0 Å². The van der Waals surface area contributed by atoms with Gasteiger partial charge in [-0.05, 0) is 24.6 Å². The second-order valence-corrected chi connectivity index (χ2v) is 7.40. The molecule has 0 saturated heterocycles. The van der Waals surface area contributed by atoms with Gasteiger partial charge in [-0.3, -0.25) is 4.79 Å². The smallest absolute Gasteiger partial charge is 0.344 e. The summed E-state index contributed by atoms with van der Waals surface area (Å²) in [7, 11) is 0. The first kappa shape index (κ1) is 18.0. The number of hydrogen-bond donors (Lipinski definition) is 2. The summed E-state index contributed by atoms with van der Waals surface area (Å²) in [6.45, 7) is 6.66. The minimum atomic E-state index is -0.385. The highest BCUT2D eigenvalue weighted by Gasteiger charge is 2.12. The van der Waals surface area contributed by atoms with E-state index in [0.717, 1.165) is 26.7 Å². The molecule has 6 nitrogen and oxygen atoms in total. The average Bonchev–Trinajstić information content (AvgIpc) is 3.02. The number of H-pyrrole nitrogens is 1. The van der Waals surface area contributed by atoms with Crippen LogP contribution in [0.25, 0.3) is 11.1 Å². The van der Waals surface area contributed by atoms with Gasteiger partial charge >= 0.3 is 5.69 Å². The van der Waals surface area contributed by atoms with Gasteiger partial charge in [-0.15, -0.1) is 11.3 Å². The van der Waals surface area contributed by atoms with Crippen LogP contribution < -0.4 is 11.0 Å². The molecule has 2 aromatic heterocycles. The zero-order chi connectivity index (χ0) is 18.7. The summed E-state index contributed by atoms with van der Waals surface area (Å²) in [4.78, 5) is 35.3. The number of nitrogens with one attached hydrogen (secondary N) is 2. The van der Waals surface area contributed by atoms with Crippen LogP contribution in [-0.2, 0) is 6.54 Å². The molecule has 1 amide bonds. The highest BCUT2D eigenvalue weighted by molar-refractivity contribution is 7.11. The van der Waals surface area contributed by atoms with E-state index in [2.05, 4.69) is 34.1 Å². The number of thiazole rings is 1. The number of hydrogen-bond acceptors (Lipinski definition) is 5. The van der Waals surface area contributed by atoms with E-state index in [1.807, 2.05) is 19.1 Å². The van der Waals surface area contributed by atoms with Crippen molar-refractivity contribution in [1.82, 2.24) is 20.3 Å². The second kappa shape index (κ2) is 7.61. The van der Waals surface area contributed by atoms with E-state index in [0.29, 0.717) is 18.0 Å². The summed E-state index contributed by atoms with van der Waals surface area (Å²) < 4.78 is 0. The molecule has 0 aliphatic heterocycles. The zero-order valence-electron chi connectivity index (χ0n) is 14.9. The van der Waals surface area contributed by atoms with Crippen LogP contribution in [0, 0.1) is 6.92 Å². The van der Waals surface area contributed by atoms with Crippen LogP contribution in [0.15, 0.2) is 41.5 Å². The van der Waals surface area contributed by atoms with E-state index in [1.54, 1.807) is 29.7 Å². The topological polar surface area (TPSA) is 87.7 Å². The van der Waals surface area contributed by atoms with Crippen LogP contribution in [-0.4, -0.2) is 20.9 Å². The molecule has 0 radical (unpaired) electrons. The van der Waals surface area contributed by atoms with Crippen molar-refractivity contribution in [3.8, 4) is 11.1 Å². The summed E-state index contributed by atoms with van der Waals surface area (Å²) in [6.07, 6.45) is 3.11. The number of benzene rings is 1. The molecule has 0 bridgehead atoms. The number of rotatable bonds is 5. The molecule has 3 rings (SSSR count). The molecule has 0 unspecified atom stereocenters. The van der Waals surface area contributed by atoms with Crippen molar-refractivity contribution in [2.75, 3.05) is 0 Å². The van der Waals surface area contributed by atoms with Crippen molar-refractivity contribution in [1.29, 1.82) is 0 Å². The molecule has 0 saturated carbocycles. The fraction of sp³-hybridized carbons (Fsp3) is 0.263. The van der Waals surface area contributed by atoms with E-state index in [1.165, 1.54) is 6.20 Å². The first-order chi connectivity index (χ1) is 12.4. The number of nitrogens with zero attached hydrogens (tertiary/aromatic N) is 2. The van der Waals surface area contributed by atoms with Crippen molar-refractivity contribution >= 4 is 17.2 Å². The monoisotopic (exact) mass is 368 g/mol. The Hall–Kier alpha value is -2.80. The summed E-state index contributed by atoms with van der Waals surface area (Å²) in [5, 5.41) is 4.04. The number of aromatic nitrogens is 3. The molecular formula is C19H20N4O2S. The van der Waals surface area contributed by atoms with E-state index in [4.69, 9.17) is 0 Å². The van der Waals surface area contributed by atoms with Crippen molar-refractivity contribution in [2.45, 2.75) is 33.2 Å². The predicted molar refractivity (Wildman–Crippen MR) is 102 cm³/mol. The number of aromatic amines is 1. The van der Waals surface area contributed by atoms with Crippen LogP contribution in [0.1, 0.15) is 45.7 Å². The van der Waals surface area contributed by atoms with Gasteiger partial charge < -0.3 is 10.3 Å². The van der Waals surface area contributed by atoms with E-state index < -0.39 is 0 Å². The van der Waals surface area contributed by atoms with Gasteiger partial charge in [-0.25, -0.2) is 14.8 Å². The number of carbonyl (C=O) groups excluding carboxylic acids is 1. The highest BCUT2D eigenvalue weighted by Crippen LogP contribution is 2.24. The molecule has 2 heterocycles. The molecule has 7 heteroatoms. The van der Waals surface area contributed by atoms with Gasteiger partial charge in [0.15, 0.2) is 0 Å². The van der Waals surface area contributed by atoms with Gasteiger partial charge in [0.1, 0.15) is 0 Å². The Morgan fingerprint density at radius 2 is 1.96 bits per heavy atom. The Bertz CT molecular complexity index is 953. The normalized spacial score (nSPS) is 10.9. The third-order valence-electron chi connectivity index (χ3n) is 3.97. The molecule has 3 aromatic rings. The van der Waals surface area contributed by atoms with Crippen molar-refractivity contribution in [3.63, 3.8) is 0 Å². The Labute approximate surface area is 155 Å². The Morgan fingerprint density at radius 1 is 1.23 bits per heavy atom. The summed E-state index contributed by atoms with van der Waals surface area (Å²) in [5.74, 6) is 0.258. The lowest BCUT2D eigenvalue weighted by atomic mass is 10.1. The maximum Gasteiger partial charge on any atom is 0.344 e. The minimum absolute atomic E-state index is 0.130. The van der Waals surface area contributed by atoms with E-state index in [-0.39, 0.29) is 11.6 Å². The first-order valence-corrected chi connectivity index (χ1v) is 9.15. The molecule has 0 spiro atoms. The van der Waals surface area contributed by atoms with Crippen molar-refractivity contribution < 1.29 is 4.79 Å². The zero-order valence-corrected chi connectivity index (χ0v) is 15.7. The number of amides is 1. The van der Waals surface area contributed by atoms with Crippen LogP contribution in [0.5, 0.6) is 0 Å². The number of carbonyl (C=O) groups is 1. The molecule has 0 fully saturated rings. The maximum absolute atomic E-state index is 12.4. The lowest BCUT2D eigenvalue weighted by molar-refractivity contribution is 0.0951. The summed E-state index contributed by atoms with van der Waals surface area (Å²) >= 11 is 1.64. The van der Waals surface area contributed by atoms with Crippen molar-refractivity contribution in [2.24, 2.45) is 0 Å². The standard InChI is InChI=1S/C19H20N4O2S/c1-11(2)18-23-12(3)16(26-18)10-20-17(24)14-6-4-13(5-7-14)15-8-21-19(25)22-9-15/h4-9,11H,10H2,1-3H3,(H,20,24)(H,21,22,25).